The summed E-state index contributed by atoms with van der Waals surface area (Å²) in [5.41, 5.74) is -0.240. The number of nitro benzene ring substituents is 1. The molecule has 21 heavy (non-hydrogen) atoms. The van der Waals surface area contributed by atoms with Crippen LogP contribution < -0.4 is 5.32 Å². The zero-order chi connectivity index (χ0) is 15.8. The van der Waals surface area contributed by atoms with Crippen LogP contribution in [0, 0.1) is 10.1 Å². The summed E-state index contributed by atoms with van der Waals surface area (Å²) in [6.07, 6.45) is 0.793. The van der Waals surface area contributed by atoms with Crippen molar-refractivity contribution in [1.82, 2.24) is 10.2 Å². The third-order valence-corrected chi connectivity index (χ3v) is 3.47. The van der Waals surface area contributed by atoms with Gasteiger partial charge in [-0.25, -0.2) is 0 Å². The van der Waals surface area contributed by atoms with Gasteiger partial charge in [-0.15, -0.1) is 0 Å². The predicted octanol–water partition coefficient (Wildman–Crippen LogP) is 2.71. The fourth-order valence-electron chi connectivity index (χ4n) is 1.99. The summed E-state index contributed by atoms with van der Waals surface area (Å²) in [6.45, 7) is 7.44. The highest BCUT2D eigenvalue weighted by atomic mass is 35.5. The van der Waals surface area contributed by atoms with Gasteiger partial charge in [0.05, 0.1) is 4.92 Å². The summed E-state index contributed by atoms with van der Waals surface area (Å²) in [5.74, 6) is -0.469. The summed E-state index contributed by atoms with van der Waals surface area (Å²) in [4.78, 5) is 24.6. The van der Waals surface area contributed by atoms with Crippen LogP contribution in [-0.4, -0.2) is 41.9 Å². The minimum Gasteiger partial charge on any atom is -0.352 e. The number of hydrogen-bond donors (Lipinski definition) is 1. The van der Waals surface area contributed by atoms with Gasteiger partial charge >= 0.3 is 0 Å². The van der Waals surface area contributed by atoms with Crippen LogP contribution in [-0.2, 0) is 0 Å². The molecule has 0 aromatic heterocycles. The first-order valence-corrected chi connectivity index (χ1v) is 7.31. The quantitative estimate of drug-likeness (QED) is 0.455. The average Bonchev–Trinajstić information content (AvgIpc) is 2.46. The van der Waals surface area contributed by atoms with Gasteiger partial charge in [0.2, 0.25) is 0 Å². The summed E-state index contributed by atoms with van der Waals surface area (Å²) >= 11 is 5.80. The van der Waals surface area contributed by atoms with Gasteiger partial charge in [-0.3, -0.25) is 14.9 Å². The number of carbonyl (C=O) groups excluding carboxylic acids is 1. The van der Waals surface area contributed by atoms with Crippen LogP contribution in [0.1, 0.15) is 30.6 Å². The van der Waals surface area contributed by atoms with Crippen LogP contribution in [0.15, 0.2) is 18.2 Å². The van der Waals surface area contributed by atoms with Gasteiger partial charge in [0.1, 0.15) is 5.56 Å². The van der Waals surface area contributed by atoms with E-state index in [0.29, 0.717) is 11.6 Å². The van der Waals surface area contributed by atoms with Gasteiger partial charge in [-0.1, -0.05) is 25.4 Å². The topological polar surface area (TPSA) is 75.5 Å². The van der Waals surface area contributed by atoms with E-state index >= 15 is 0 Å². The molecule has 0 spiro atoms. The molecule has 0 atom stereocenters. The normalized spacial score (nSPS) is 10.7. The van der Waals surface area contributed by atoms with E-state index in [4.69, 9.17) is 11.6 Å². The van der Waals surface area contributed by atoms with Crippen molar-refractivity contribution >= 4 is 23.2 Å². The zero-order valence-electron chi connectivity index (χ0n) is 12.3. The van der Waals surface area contributed by atoms with Crippen molar-refractivity contribution in [3.63, 3.8) is 0 Å². The van der Waals surface area contributed by atoms with Crippen molar-refractivity contribution in [2.75, 3.05) is 26.2 Å². The second-order valence-electron chi connectivity index (χ2n) is 4.55. The lowest BCUT2D eigenvalue weighted by atomic mass is 10.1. The van der Waals surface area contributed by atoms with Crippen molar-refractivity contribution < 1.29 is 9.72 Å². The molecule has 0 radical (unpaired) electrons. The molecule has 1 N–H and O–H groups in total. The Bertz CT molecular complexity index is 504. The Morgan fingerprint density at radius 2 is 2.05 bits per heavy atom. The fraction of sp³-hybridized carbons (Fsp3) is 0.500. The molecular formula is C14H20ClN3O3. The number of amides is 1. The molecule has 116 valence electrons. The molecule has 0 heterocycles. The highest BCUT2D eigenvalue weighted by molar-refractivity contribution is 6.31. The molecule has 0 aliphatic heterocycles. The second kappa shape index (κ2) is 8.59. The number of hydrogen-bond acceptors (Lipinski definition) is 4. The Balaban J connectivity index is 2.60. The molecule has 1 aromatic rings. The van der Waals surface area contributed by atoms with Gasteiger partial charge in [0.25, 0.3) is 11.6 Å². The van der Waals surface area contributed by atoms with E-state index in [1.54, 1.807) is 0 Å². The van der Waals surface area contributed by atoms with E-state index in [2.05, 4.69) is 24.1 Å². The third kappa shape index (κ3) is 5.32. The molecule has 0 aliphatic carbocycles. The van der Waals surface area contributed by atoms with Crippen LogP contribution in [0.3, 0.4) is 0 Å². The minimum atomic E-state index is -0.582. The maximum Gasteiger partial charge on any atom is 0.282 e. The molecule has 0 saturated carbocycles. The lowest BCUT2D eigenvalue weighted by Crippen LogP contribution is -2.30. The average molecular weight is 314 g/mol. The van der Waals surface area contributed by atoms with E-state index in [9.17, 15) is 14.9 Å². The van der Waals surface area contributed by atoms with Crippen molar-refractivity contribution in [3.05, 3.63) is 38.9 Å². The standard InChI is InChI=1S/C14H20ClN3O3/c1-3-17(4-2)9-5-8-16-14(19)12-10-11(15)6-7-13(12)18(20)21/h6-7,10H,3-5,8-9H2,1-2H3,(H,16,19). The maximum atomic E-state index is 12.0. The molecule has 6 nitrogen and oxygen atoms in total. The highest BCUT2D eigenvalue weighted by Crippen LogP contribution is 2.22. The second-order valence-corrected chi connectivity index (χ2v) is 4.99. The SMILES string of the molecule is CCN(CC)CCCNC(=O)c1cc(Cl)ccc1[N+](=O)[O-]. The lowest BCUT2D eigenvalue weighted by molar-refractivity contribution is -0.385. The van der Waals surface area contributed by atoms with E-state index < -0.39 is 10.8 Å². The Hall–Kier alpha value is -1.66. The fourth-order valence-corrected chi connectivity index (χ4v) is 2.16. The number of nitrogens with zero attached hydrogens (tertiary/aromatic N) is 2. The van der Waals surface area contributed by atoms with E-state index in [0.717, 1.165) is 26.1 Å². The number of nitrogens with one attached hydrogen (secondary N) is 1. The van der Waals surface area contributed by atoms with Crippen LogP contribution in [0.5, 0.6) is 0 Å². The smallest absolute Gasteiger partial charge is 0.282 e. The minimum absolute atomic E-state index is 0.00432. The van der Waals surface area contributed by atoms with Gasteiger partial charge in [0, 0.05) is 17.6 Å². The first kappa shape index (κ1) is 17.4. The molecule has 0 fully saturated rings. The summed E-state index contributed by atoms with van der Waals surface area (Å²) < 4.78 is 0. The Morgan fingerprint density at radius 1 is 1.38 bits per heavy atom. The van der Waals surface area contributed by atoms with Gasteiger partial charge in [-0.05, 0) is 38.2 Å². The zero-order valence-corrected chi connectivity index (χ0v) is 13.0. The molecule has 0 bridgehead atoms. The van der Waals surface area contributed by atoms with Crippen LogP contribution in [0.25, 0.3) is 0 Å². The summed E-state index contributed by atoms with van der Waals surface area (Å²) in [6, 6.07) is 3.96. The number of halogens is 1. The number of nitro groups is 1. The third-order valence-electron chi connectivity index (χ3n) is 3.23. The predicted molar refractivity (Wildman–Crippen MR) is 82.8 cm³/mol. The Kier molecular flexibility index (Phi) is 7.11. The van der Waals surface area contributed by atoms with E-state index in [1.165, 1.54) is 18.2 Å². The van der Waals surface area contributed by atoms with Crippen molar-refractivity contribution in [3.8, 4) is 0 Å². The Morgan fingerprint density at radius 3 is 2.62 bits per heavy atom. The molecule has 0 saturated heterocycles. The van der Waals surface area contributed by atoms with E-state index in [1.807, 2.05) is 0 Å². The van der Waals surface area contributed by atoms with Gasteiger partial charge in [0.15, 0.2) is 0 Å². The molecule has 1 amide bonds. The number of benzene rings is 1. The molecule has 7 heteroatoms. The van der Waals surface area contributed by atoms with Crippen molar-refractivity contribution in [2.24, 2.45) is 0 Å². The van der Waals surface area contributed by atoms with Gasteiger partial charge < -0.3 is 10.2 Å². The van der Waals surface area contributed by atoms with E-state index in [-0.39, 0.29) is 11.3 Å². The maximum absolute atomic E-state index is 12.0. The molecular weight excluding hydrogens is 294 g/mol. The first-order chi connectivity index (χ1) is 9.99. The molecule has 0 unspecified atom stereocenters. The van der Waals surface area contributed by atoms with Crippen LogP contribution in [0.4, 0.5) is 5.69 Å². The number of carbonyl (C=O) groups is 1. The van der Waals surface area contributed by atoms with Crippen LogP contribution >= 0.6 is 11.6 Å². The first-order valence-electron chi connectivity index (χ1n) is 6.94. The Labute approximate surface area is 129 Å². The lowest BCUT2D eigenvalue weighted by Gasteiger charge is -2.17. The van der Waals surface area contributed by atoms with Crippen LogP contribution in [0.2, 0.25) is 5.02 Å². The highest BCUT2D eigenvalue weighted by Gasteiger charge is 2.20. The summed E-state index contributed by atoms with van der Waals surface area (Å²) in [7, 11) is 0. The largest absolute Gasteiger partial charge is 0.352 e. The molecule has 1 aromatic carbocycles. The molecule has 0 aliphatic rings. The van der Waals surface area contributed by atoms with Crippen molar-refractivity contribution in [2.45, 2.75) is 20.3 Å². The van der Waals surface area contributed by atoms with Gasteiger partial charge in [-0.2, -0.15) is 0 Å². The molecule has 1 rings (SSSR count). The number of rotatable bonds is 8. The summed E-state index contributed by atoms with van der Waals surface area (Å²) in [5, 5.41) is 13.9. The monoisotopic (exact) mass is 313 g/mol. The van der Waals surface area contributed by atoms with Crippen molar-refractivity contribution in [1.29, 1.82) is 0 Å².